The van der Waals surface area contributed by atoms with E-state index >= 15 is 0 Å². The molecule has 1 saturated carbocycles. The van der Waals surface area contributed by atoms with Gasteiger partial charge in [0.15, 0.2) is 6.61 Å². The molecule has 0 spiro atoms. The van der Waals surface area contributed by atoms with E-state index in [-0.39, 0.29) is 18.5 Å². The summed E-state index contributed by atoms with van der Waals surface area (Å²) < 4.78 is 29.2. The van der Waals surface area contributed by atoms with Gasteiger partial charge in [0, 0.05) is 10.6 Å². The quantitative estimate of drug-likeness (QED) is 0.647. The maximum atomic E-state index is 12.1. The molecule has 4 nitrogen and oxygen atoms in total. The molecule has 114 valence electrons. The number of hydrogen-bond acceptors (Lipinski definition) is 4. The Morgan fingerprint density at radius 3 is 2.52 bits per heavy atom. The zero-order chi connectivity index (χ0) is 15.4. The van der Waals surface area contributed by atoms with Crippen LogP contribution in [-0.4, -0.2) is 24.2 Å². The molecule has 0 aromatic heterocycles. The van der Waals surface area contributed by atoms with Gasteiger partial charge in [0.25, 0.3) is 11.7 Å². The third-order valence-corrected chi connectivity index (χ3v) is 3.84. The molecule has 0 aliphatic heterocycles. The zero-order valence-corrected chi connectivity index (χ0v) is 12.2. The number of esters is 1. The molecule has 1 aromatic carbocycles. The van der Waals surface area contributed by atoms with Crippen LogP contribution in [0.2, 0.25) is 0 Å². The normalized spacial score (nSPS) is 20.2. The summed E-state index contributed by atoms with van der Waals surface area (Å²) in [7, 11) is 0. The zero-order valence-electron chi connectivity index (χ0n) is 11.3. The molecule has 0 unspecified atom stereocenters. The first-order valence-electron chi connectivity index (χ1n) is 6.47. The summed E-state index contributed by atoms with van der Waals surface area (Å²) >= 11 is 0.435. The summed E-state index contributed by atoms with van der Waals surface area (Å²) in [4.78, 5) is 23.4. The van der Waals surface area contributed by atoms with Crippen molar-refractivity contribution >= 4 is 29.3 Å². The Morgan fingerprint density at radius 1 is 1.38 bits per heavy atom. The predicted molar refractivity (Wildman–Crippen MR) is 75.2 cm³/mol. The van der Waals surface area contributed by atoms with Gasteiger partial charge in [-0.3, -0.25) is 9.59 Å². The van der Waals surface area contributed by atoms with Gasteiger partial charge < -0.3 is 10.1 Å². The van der Waals surface area contributed by atoms with Gasteiger partial charge in [-0.25, -0.2) is 0 Å². The van der Waals surface area contributed by atoms with E-state index in [1.165, 1.54) is 24.3 Å². The maximum absolute atomic E-state index is 12.1. The van der Waals surface area contributed by atoms with Crippen LogP contribution in [0.5, 0.6) is 0 Å². The van der Waals surface area contributed by atoms with E-state index < -0.39 is 11.7 Å². The van der Waals surface area contributed by atoms with Gasteiger partial charge in [-0.15, -0.1) is 0 Å². The van der Waals surface area contributed by atoms with Crippen LogP contribution in [0, 0.1) is 11.8 Å². The Labute approximate surface area is 125 Å². The monoisotopic (exact) mass is 315 g/mol. The van der Waals surface area contributed by atoms with Crippen LogP contribution in [0.4, 0.5) is 14.5 Å². The first-order chi connectivity index (χ1) is 9.95. The van der Waals surface area contributed by atoms with Crippen LogP contribution in [-0.2, 0) is 14.3 Å². The highest BCUT2D eigenvalue weighted by molar-refractivity contribution is 7.99. The van der Waals surface area contributed by atoms with Crippen LogP contribution in [0.1, 0.15) is 13.3 Å². The average molecular weight is 315 g/mol. The first kappa shape index (κ1) is 15.8. The number of ether oxygens (including phenoxy) is 1. The second-order valence-electron chi connectivity index (χ2n) is 4.88. The molecule has 2 atom stereocenters. The molecule has 2 rings (SSSR count). The highest BCUT2D eigenvalue weighted by Crippen LogP contribution is 2.38. The van der Waals surface area contributed by atoms with Crippen molar-refractivity contribution in [2.45, 2.75) is 24.0 Å². The number of anilines is 1. The summed E-state index contributed by atoms with van der Waals surface area (Å²) in [5, 5.41) is 2.54. The Hall–Kier alpha value is -1.63. The van der Waals surface area contributed by atoms with Gasteiger partial charge >= 0.3 is 5.97 Å². The van der Waals surface area contributed by atoms with Gasteiger partial charge in [-0.1, -0.05) is 18.7 Å². The summed E-state index contributed by atoms with van der Waals surface area (Å²) in [6, 6.07) is 6.02. The van der Waals surface area contributed by atoms with Crippen molar-refractivity contribution in [2.75, 3.05) is 11.9 Å². The molecule has 1 N–H and O–H groups in total. The van der Waals surface area contributed by atoms with Crippen LogP contribution >= 0.6 is 11.8 Å². The minimum Gasteiger partial charge on any atom is -0.455 e. The lowest BCUT2D eigenvalue weighted by molar-refractivity contribution is -0.148. The highest BCUT2D eigenvalue weighted by atomic mass is 32.2. The fourth-order valence-electron chi connectivity index (χ4n) is 1.81. The maximum Gasteiger partial charge on any atom is 0.309 e. The van der Waals surface area contributed by atoms with E-state index in [2.05, 4.69) is 5.32 Å². The van der Waals surface area contributed by atoms with Gasteiger partial charge in [0.1, 0.15) is 0 Å². The lowest BCUT2D eigenvalue weighted by Crippen LogP contribution is -2.21. The van der Waals surface area contributed by atoms with E-state index in [1.54, 1.807) is 0 Å². The van der Waals surface area contributed by atoms with Gasteiger partial charge in [-0.2, -0.15) is 8.78 Å². The summed E-state index contributed by atoms with van der Waals surface area (Å²) in [5.74, 6) is -3.02. The Bertz CT molecular complexity index is 521. The van der Waals surface area contributed by atoms with E-state index in [4.69, 9.17) is 4.74 Å². The second-order valence-corrected chi connectivity index (χ2v) is 5.94. The fourth-order valence-corrected chi connectivity index (χ4v) is 2.31. The Morgan fingerprint density at radius 2 is 2.00 bits per heavy atom. The number of hydrogen-bond donors (Lipinski definition) is 1. The number of thioether (sulfide) groups is 1. The van der Waals surface area contributed by atoms with E-state index in [1.807, 2.05) is 6.92 Å². The molecule has 1 aliphatic rings. The van der Waals surface area contributed by atoms with Crippen molar-refractivity contribution < 1.29 is 23.1 Å². The lowest BCUT2D eigenvalue weighted by atomic mass is 10.3. The van der Waals surface area contributed by atoms with Crippen molar-refractivity contribution in [3.8, 4) is 0 Å². The van der Waals surface area contributed by atoms with Crippen molar-refractivity contribution in [3.63, 3.8) is 0 Å². The summed E-state index contributed by atoms with van der Waals surface area (Å²) in [6.07, 6.45) is 0.809. The van der Waals surface area contributed by atoms with Crippen molar-refractivity contribution in [1.82, 2.24) is 0 Å². The number of halogens is 2. The number of rotatable bonds is 6. The molecular formula is C14H15F2NO3S. The van der Waals surface area contributed by atoms with Crippen LogP contribution in [0.25, 0.3) is 0 Å². The largest absolute Gasteiger partial charge is 0.455 e. The minimum absolute atomic E-state index is 0.0801. The van der Waals surface area contributed by atoms with E-state index in [9.17, 15) is 18.4 Å². The summed E-state index contributed by atoms with van der Waals surface area (Å²) in [6.45, 7) is 1.61. The summed E-state index contributed by atoms with van der Waals surface area (Å²) in [5.41, 5.74) is 0.467. The van der Waals surface area contributed by atoms with Crippen molar-refractivity contribution in [2.24, 2.45) is 11.8 Å². The molecule has 21 heavy (non-hydrogen) atoms. The molecule has 0 heterocycles. The minimum atomic E-state index is -2.48. The Balaban J connectivity index is 1.75. The topological polar surface area (TPSA) is 55.4 Å². The molecular weight excluding hydrogens is 300 g/mol. The molecule has 0 radical (unpaired) electrons. The number of benzene rings is 1. The first-order valence-corrected chi connectivity index (χ1v) is 7.35. The van der Waals surface area contributed by atoms with Gasteiger partial charge in [0.2, 0.25) is 0 Å². The average Bonchev–Trinajstić information content (AvgIpc) is 3.15. The van der Waals surface area contributed by atoms with Gasteiger partial charge in [-0.05, 0) is 36.6 Å². The third-order valence-electron chi connectivity index (χ3n) is 3.12. The van der Waals surface area contributed by atoms with Crippen LogP contribution in [0.15, 0.2) is 29.2 Å². The fraction of sp³-hybridized carbons (Fsp3) is 0.429. The molecule has 7 heteroatoms. The van der Waals surface area contributed by atoms with Gasteiger partial charge in [0.05, 0.1) is 5.92 Å². The molecule has 1 amide bonds. The smallest absolute Gasteiger partial charge is 0.309 e. The molecule has 1 fully saturated rings. The predicted octanol–water partition coefficient (Wildman–Crippen LogP) is 3.14. The molecule has 0 saturated heterocycles. The number of alkyl halides is 2. The highest BCUT2D eigenvalue weighted by Gasteiger charge is 2.40. The molecule has 0 bridgehead atoms. The van der Waals surface area contributed by atoms with Crippen LogP contribution < -0.4 is 5.32 Å². The number of nitrogens with one attached hydrogen (secondary N) is 1. The van der Waals surface area contributed by atoms with E-state index in [0.717, 1.165) is 6.42 Å². The number of carbonyl (C=O) groups is 2. The number of amides is 1. The van der Waals surface area contributed by atoms with Crippen LogP contribution in [0.3, 0.4) is 0 Å². The number of carbonyl (C=O) groups excluding carboxylic acids is 2. The Kier molecular flexibility index (Phi) is 5.17. The third kappa shape index (κ3) is 5.00. The molecule has 1 aliphatic carbocycles. The second kappa shape index (κ2) is 6.89. The van der Waals surface area contributed by atoms with Crippen molar-refractivity contribution in [1.29, 1.82) is 0 Å². The van der Waals surface area contributed by atoms with E-state index in [0.29, 0.717) is 28.3 Å². The van der Waals surface area contributed by atoms with Crippen molar-refractivity contribution in [3.05, 3.63) is 24.3 Å². The molecule has 1 aromatic rings. The standard InChI is InChI=1S/C14H15F2NO3S/c1-8-6-11(8)13(19)20-7-12(18)17-9-2-4-10(5-3-9)21-14(15)16/h2-5,8,11,14H,6-7H2,1H3,(H,17,18)/t8-,11+/m1/s1. The lowest BCUT2D eigenvalue weighted by Gasteiger charge is -2.07. The SMILES string of the molecule is C[C@@H]1C[C@@H]1C(=O)OCC(=O)Nc1ccc(SC(F)F)cc1.